The summed E-state index contributed by atoms with van der Waals surface area (Å²) in [6, 6.07) is 5.55. The van der Waals surface area contributed by atoms with Crippen molar-refractivity contribution in [2.45, 2.75) is 46.0 Å². The van der Waals surface area contributed by atoms with Gasteiger partial charge in [-0.2, -0.15) is 0 Å². The first kappa shape index (κ1) is 17.3. The Labute approximate surface area is 138 Å². The summed E-state index contributed by atoms with van der Waals surface area (Å²) < 4.78 is 0. The van der Waals surface area contributed by atoms with Crippen LogP contribution in [0.5, 0.6) is 0 Å². The molecule has 0 saturated carbocycles. The molecule has 1 aromatic rings. The van der Waals surface area contributed by atoms with Crippen LogP contribution in [-0.2, 0) is 4.79 Å². The smallest absolute Gasteiger partial charge is 0.251 e. The minimum atomic E-state index is -0.210. The lowest BCUT2D eigenvalue weighted by Crippen LogP contribution is -2.37. The molecule has 1 aromatic carbocycles. The van der Waals surface area contributed by atoms with E-state index >= 15 is 0 Å². The molecule has 23 heavy (non-hydrogen) atoms. The molecule has 0 unspecified atom stereocenters. The predicted molar refractivity (Wildman–Crippen MR) is 92.4 cm³/mol. The topological polar surface area (TPSA) is 58.2 Å². The quantitative estimate of drug-likeness (QED) is 0.793. The second-order valence-corrected chi connectivity index (χ2v) is 6.19. The molecule has 1 aliphatic carbocycles. The Balaban J connectivity index is 1.70. The van der Waals surface area contributed by atoms with Gasteiger partial charge in [0.25, 0.3) is 5.91 Å². The van der Waals surface area contributed by atoms with Crippen LogP contribution in [0.1, 0.15) is 53.6 Å². The molecule has 0 spiro atoms. The number of nitrogens with one attached hydrogen (secondary N) is 2. The van der Waals surface area contributed by atoms with Crippen molar-refractivity contribution in [1.82, 2.24) is 10.6 Å². The molecule has 0 saturated heterocycles. The van der Waals surface area contributed by atoms with Gasteiger partial charge in [-0.25, -0.2) is 0 Å². The van der Waals surface area contributed by atoms with Crippen LogP contribution in [0.4, 0.5) is 0 Å². The van der Waals surface area contributed by atoms with Crippen LogP contribution in [0.3, 0.4) is 0 Å². The Bertz CT molecular complexity index is 605. The molecular weight excluding hydrogens is 288 g/mol. The van der Waals surface area contributed by atoms with Crippen molar-refractivity contribution in [3.63, 3.8) is 0 Å². The average Bonchev–Trinajstić information content (AvgIpc) is 2.56. The molecule has 0 heterocycles. The minimum Gasteiger partial charge on any atom is -0.354 e. The maximum Gasteiger partial charge on any atom is 0.251 e. The molecular formula is C19H26N2O2. The van der Waals surface area contributed by atoms with E-state index in [1.54, 1.807) is 6.07 Å². The number of hydrogen-bond donors (Lipinski definition) is 2. The SMILES string of the molecule is Cc1ccc(C(=O)NCC(=O)NCCC2=CCCCC2)cc1C. The summed E-state index contributed by atoms with van der Waals surface area (Å²) >= 11 is 0. The highest BCUT2D eigenvalue weighted by Gasteiger charge is 2.09. The summed E-state index contributed by atoms with van der Waals surface area (Å²) in [4.78, 5) is 23.8. The summed E-state index contributed by atoms with van der Waals surface area (Å²) in [7, 11) is 0. The largest absolute Gasteiger partial charge is 0.354 e. The van der Waals surface area contributed by atoms with Crippen molar-refractivity contribution in [3.05, 3.63) is 46.5 Å². The molecule has 2 amide bonds. The zero-order valence-electron chi connectivity index (χ0n) is 14.1. The van der Waals surface area contributed by atoms with Gasteiger partial charge in [0.1, 0.15) is 0 Å². The van der Waals surface area contributed by atoms with Gasteiger partial charge < -0.3 is 10.6 Å². The van der Waals surface area contributed by atoms with Gasteiger partial charge >= 0.3 is 0 Å². The summed E-state index contributed by atoms with van der Waals surface area (Å²) in [5.41, 5.74) is 4.25. The van der Waals surface area contributed by atoms with Gasteiger partial charge in [-0.05, 0) is 69.2 Å². The van der Waals surface area contributed by atoms with Crippen LogP contribution >= 0.6 is 0 Å². The lowest BCUT2D eigenvalue weighted by atomic mass is 9.97. The monoisotopic (exact) mass is 314 g/mol. The normalized spacial score (nSPS) is 14.1. The van der Waals surface area contributed by atoms with E-state index in [-0.39, 0.29) is 18.4 Å². The Morgan fingerprint density at radius 2 is 1.91 bits per heavy atom. The molecule has 0 fully saturated rings. The van der Waals surface area contributed by atoms with E-state index in [9.17, 15) is 9.59 Å². The second-order valence-electron chi connectivity index (χ2n) is 6.19. The third kappa shape index (κ3) is 5.55. The number of carbonyl (C=O) groups is 2. The summed E-state index contributed by atoms with van der Waals surface area (Å²) in [5.74, 6) is -0.350. The highest BCUT2D eigenvalue weighted by molar-refractivity contribution is 5.96. The fourth-order valence-corrected chi connectivity index (χ4v) is 2.70. The molecule has 0 radical (unpaired) electrons. The molecule has 4 heteroatoms. The van der Waals surface area contributed by atoms with Gasteiger partial charge in [-0.3, -0.25) is 9.59 Å². The van der Waals surface area contributed by atoms with Crippen LogP contribution in [-0.4, -0.2) is 24.9 Å². The first-order valence-electron chi connectivity index (χ1n) is 8.36. The molecule has 0 bridgehead atoms. The number of amides is 2. The second kappa shape index (κ2) is 8.51. The van der Waals surface area contributed by atoms with Crippen molar-refractivity contribution in [1.29, 1.82) is 0 Å². The Kier molecular flexibility index (Phi) is 6.39. The van der Waals surface area contributed by atoms with E-state index in [1.807, 2.05) is 26.0 Å². The average molecular weight is 314 g/mol. The van der Waals surface area contributed by atoms with Crippen molar-refractivity contribution in [2.75, 3.05) is 13.1 Å². The molecule has 124 valence electrons. The van der Waals surface area contributed by atoms with Gasteiger partial charge in [0.05, 0.1) is 6.54 Å². The number of rotatable bonds is 6. The fraction of sp³-hybridized carbons (Fsp3) is 0.474. The van der Waals surface area contributed by atoms with E-state index in [0.29, 0.717) is 12.1 Å². The van der Waals surface area contributed by atoms with Crippen LogP contribution in [0, 0.1) is 13.8 Å². The number of benzene rings is 1. The molecule has 0 aromatic heterocycles. The number of carbonyl (C=O) groups excluding carboxylic acids is 2. The fourth-order valence-electron chi connectivity index (χ4n) is 2.70. The van der Waals surface area contributed by atoms with Gasteiger partial charge in [0, 0.05) is 12.1 Å². The Hall–Kier alpha value is -2.10. The first-order chi connectivity index (χ1) is 11.1. The highest BCUT2D eigenvalue weighted by atomic mass is 16.2. The van der Waals surface area contributed by atoms with Crippen LogP contribution in [0.15, 0.2) is 29.8 Å². The molecule has 2 N–H and O–H groups in total. The Morgan fingerprint density at radius 3 is 2.61 bits per heavy atom. The van der Waals surface area contributed by atoms with Gasteiger partial charge in [-0.15, -0.1) is 0 Å². The minimum absolute atomic E-state index is 0.0187. The molecule has 0 atom stereocenters. The van der Waals surface area contributed by atoms with E-state index in [2.05, 4.69) is 16.7 Å². The zero-order valence-corrected chi connectivity index (χ0v) is 14.1. The molecule has 4 nitrogen and oxygen atoms in total. The van der Waals surface area contributed by atoms with E-state index in [4.69, 9.17) is 0 Å². The van der Waals surface area contributed by atoms with Crippen molar-refractivity contribution in [3.8, 4) is 0 Å². The summed E-state index contributed by atoms with van der Waals surface area (Å²) in [6.45, 7) is 4.64. The number of allylic oxidation sites excluding steroid dienone is 1. The molecule has 0 aliphatic heterocycles. The lowest BCUT2D eigenvalue weighted by molar-refractivity contribution is -0.120. The summed E-state index contributed by atoms with van der Waals surface area (Å²) in [5, 5.41) is 5.53. The maximum atomic E-state index is 12.0. The van der Waals surface area contributed by atoms with E-state index in [1.165, 1.54) is 18.4 Å². The van der Waals surface area contributed by atoms with Gasteiger partial charge in [-0.1, -0.05) is 17.7 Å². The zero-order chi connectivity index (χ0) is 16.7. The van der Waals surface area contributed by atoms with Crippen molar-refractivity contribution in [2.24, 2.45) is 0 Å². The van der Waals surface area contributed by atoms with Crippen molar-refractivity contribution < 1.29 is 9.59 Å². The third-order valence-corrected chi connectivity index (χ3v) is 4.33. The van der Waals surface area contributed by atoms with Gasteiger partial charge in [0.15, 0.2) is 0 Å². The van der Waals surface area contributed by atoms with Crippen LogP contribution in [0.2, 0.25) is 0 Å². The van der Waals surface area contributed by atoms with Gasteiger partial charge in [0.2, 0.25) is 5.91 Å². The standard InChI is InChI=1S/C19H26N2O2/c1-14-8-9-17(12-15(14)2)19(23)21-13-18(22)20-11-10-16-6-4-3-5-7-16/h6,8-9,12H,3-5,7,10-11,13H2,1-2H3,(H,20,22)(H,21,23). The summed E-state index contributed by atoms with van der Waals surface area (Å²) in [6.07, 6.45) is 8.05. The van der Waals surface area contributed by atoms with Crippen molar-refractivity contribution >= 4 is 11.8 Å². The van der Waals surface area contributed by atoms with E-state index < -0.39 is 0 Å². The van der Waals surface area contributed by atoms with E-state index in [0.717, 1.165) is 30.4 Å². The first-order valence-corrected chi connectivity index (χ1v) is 8.36. The molecule has 1 aliphatic rings. The highest BCUT2D eigenvalue weighted by Crippen LogP contribution is 2.19. The maximum absolute atomic E-state index is 12.0. The van der Waals surface area contributed by atoms with Crippen LogP contribution < -0.4 is 10.6 Å². The predicted octanol–water partition coefficient (Wildman–Crippen LogP) is 3.04. The lowest BCUT2D eigenvalue weighted by Gasteiger charge is -2.13. The number of aryl methyl sites for hydroxylation is 2. The Morgan fingerprint density at radius 1 is 1.09 bits per heavy atom. The third-order valence-electron chi connectivity index (χ3n) is 4.33. The molecule has 2 rings (SSSR count). The number of hydrogen-bond acceptors (Lipinski definition) is 2. The van der Waals surface area contributed by atoms with Crippen LogP contribution in [0.25, 0.3) is 0 Å².